The molecular formula is C20H27N7O2. The fraction of sp³-hybridized carbons (Fsp3) is 0.500. The fourth-order valence-electron chi connectivity index (χ4n) is 3.54. The summed E-state index contributed by atoms with van der Waals surface area (Å²) in [6, 6.07) is 5.88. The molecule has 29 heavy (non-hydrogen) atoms. The van der Waals surface area contributed by atoms with Gasteiger partial charge in [0, 0.05) is 58.6 Å². The largest absolute Gasteiger partial charge is 0.379 e. The highest BCUT2D eigenvalue weighted by Crippen LogP contribution is 2.14. The molecule has 9 heteroatoms. The van der Waals surface area contributed by atoms with Gasteiger partial charge in [0.1, 0.15) is 17.3 Å². The summed E-state index contributed by atoms with van der Waals surface area (Å²) in [6.07, 6.45) is 4.99. The number of pyridine rings is 1. The number of ether oxygens (including phenoxy) is 1. The van der Waals surface area contributed by atoms with Crippen LogP contribution in [0, 0.1) is 0 Å². The molecule has 2 aliphatic rings. The van der Waals surface area contributed by atoms with Gasteiger partial charge in [-0.25, -0.2) is 15.0 Å². The van der Waals surface area contributed by atoms with E-state index < -0.39 is 0 Å². The summed E-state index contributed by atoms with van der Waals surface area (Å²) >= 11 is 0. The Hall–Kier alpha value is -2.78. The van der Waals surface area contributed by atoms with Crippen molar-refractivity contribution < 1.29 is 9.53 Å². The molecule has 154 valence electrons. The van der Waals surface area contributed by atoms with Crippen LogP contribution < -0.4 is 10.2 Å². The molecule has 2 aromatic rings. The first kappa shape index (κ1) is 19.5. The molecule has 0 bridgehead atoms. The topological polar surface area (TPSA) is 86.7 Å². The minimum Gasteiger partial charge on any atom is -0.379 e. The molecule has 0 saturated carbocycles. The summed E-state index contributed by atoms with van der Waals surface area (Å²) in [6.45, 7) is 8.08. The standard InChI is InChI=1S/C20H27N7O2/c28-20(27-9-7-26(8-10-27)19-3-1-2-4-22-19)17-15-24-18(16-23-17)21-5-6-25-11-13-29-14-12-25/h1-4,15-16H,5-14H2,(H,21,24). The summed E-state index contributed by atoms with van der Waals surface area (Å²) in [5.41, 5.74) is 0.384. The number of hydrogen-bond donors (Lipinski definition) is 1. The van der Waals surface area contributed by atoms with Gasteiger partial charge < -0.3 is 19.9 Å². The maximum Gasteiger partial charge on any atom is 0.274 e. The second-order valence-corrected chi connectivity index (χ2v) is 7.13. The lowest BCUT2D eigenvalue weighted by atomic mass is 10.2. The van der Waals surface area contributed by atoms with Crippen LogP contribution in [0.3, 0.4) is 0 Å². The molecule has 1 N–H and O–H groups in total. The molecule has 2 aromatic heterocycles. The number of aromatic nitrogens is 3. The molecule has 9 nitrogen and oxygen atoms in total. The number of hydrogen-bond acceptors (Lipinski definition) is 8. The molecule has 4 rings (SSSR count). The Balaban J connectivity index is 1.24. The molecule has 2 fully saturated rings. The smallest absolute Gasteiger partial charge is 0.274 e. The van der Waals surface area contributed by atoms with Gasteiger partial charge in [-0.2, -0.15) is 0 Å². The van der Waals surface area contributed by atoms with Crippen LogP contribution >= 0.6 is 0 Å². The van der Waals surface area contributed by atoms with E-state index in [0.29, 0.717) is 24.6 Å². The molecule has 1 amide bonds. The Labute approximate surface area is 170 Å². The minimum atomic E-state index is -0.0713. The molecule has 0 spiro atoms. The fourth-order valence-corrected chi connectivity index (χ4v) is 3.54. The van der Waals surface area contributed by atoms with E-state index in [1.807, 2.05) is 23.1 Å². The Kier molecular flexibility index (Phi) is 6.48. The summed E-state index contributed by atoms with van der Waals surface area (Å²) in [7, 11) is 0. The summed E-state index contributed by atoms with van der Waals surface area (Å²) in [5.74, 6) is 1.57. The van der Waals surface area contributed by atoms with Gasteiger partial charge in [0.15, 0.2) is 0 Å². The van der Waals surface area contributed by atoms with Crippen LogP contribution in [0.25, 0.3) is 0 Å². The van der Waals surface area contributed by atoms with Gasteiger partial charge >= 0.3 is 0 Å². The van der Waals surface area contributed by atoms with Crippen molar-refractivity contribution in [3.05, 3.63) is 42.5 Å². The van der Waals surface area contributed by atoms with Crippen molar-refractivity contribution in [3.63, 3.8) is 0 Å². The van der Waals surface area contributed by atoms with E-state index in [2.05, 4.69) is 30.1 Å². The van der Waals surface area contributed by atoms with Crippen LogP contribution in [0.5, 0.6) is 0 Å². The molecule has 4 heterocycles. The first-order valence-corrected chi connectivity index (χ1v) is 10.1. The highest BCUT2D eigenvalue weighted by Gasteiger charge is 2.23. The second-order valence-electron chi connectivity index (χ2n) is 7.13. The van der Waals surface area contributed by atoms with E-state index in [1.54, 1.807) is 18.6 Å². The second kappa shape index (κ2) is 9.62. The van der Waals surface area contributed by atoms with Gasteiger partial charge in [0.25, 0.3) is 5.91 Å². The highest BCUT2D eigenvalue weighted by molar-refractivity contribution is 5.92. The normalized spacial score (nSPS) is 17.9. The third kappa shape index (κ3) is 5.18. The Bertz CT molecular complexity index is 773. The summed E-state index contributed by atoms with van der Waals surface area (Å²) in [4.78, 5) is 32.2. The molecular weight excluding hydrogens is 370 g/mol. The van der Waals surface area contributed by atoms with Gasteiger partial charge in [0.2, 0.25) is 0 Å². The Morgan fingerprint density at radius 1 is 1.00 bits per heavy atom. The van der Waals surface area contributed by atoms with Crippen molar-refractivity contribution in [1.29, 1.82) is 0 Å². The predicted octanol–water partition coefficient (Wildman–Crippen LogP) is 0.578. The quantitative estimate of drug-likeness (QED) is 0.758. The molecule has 0 atom stereocenters. The number of morpholine rings is 1. The van der Waals surface area contributed by atoms with Crippen LogP contribution in [-0.4, -0.2) is 96.2 Å². The summed E-state index contributed by atoms with van der Waals surface area (Å²) < 4.78 is 5.35. The number of carbonyl (C=O) groups excluding carboxylic acids is 1. The maximum absolute atomic E-state index is 12.7. The highest BCUT2D eigenvalue weighted by atomic mass is 16.5. The van der Waals surface area contributed by atoms with Gasteiger partial charge in [-0.3, -0.25) is 9.69 Å². The number of nitrogens with zero attached hydrogens (tertiary/aromatic N) is 6. The Morgan fingerprint density at radius 2 is 1.83 bits per heavy atom. The molecule has 0 radical (unpaired) electrons. The van der Waals surface area contributed by atoms with Gasteiger partial charge in [-0.05, 0) is 12.1 Å². The van der Waals surface area contributed by atoms with Crippen LogP contribution in [0.1, 0.15) is 10.5 Å². The zero-order valence-corrected chi connectivity index (χ0v) is 16.5. The van der Waals surface area contributed by atoms with Crippen molar-refractivity contribution in [2.75, 3.05) is 75.8 Å². The number of rotatable bonds is 6. The zero-order valence-electron chi connectivity index (χ0n) is 16.5. The molecule has 2 saturated heterocycles. The average Bonchev–Trinajstić information content (AvgIpc) is 2.80. The van der Waals surface area contributed by atoms with Crippen LogP contribution in [0.15, 0.2) is 36.8 Å². The van der Waals surface area contributed by atoms with Crippen LogP contribution in [-0.2, 0) is 4.74 Å². The first-order chi connectivity index (χ1) is 14.3. The van der Waals surface area contributed by atoms with Gasteiger partial charge in [0.05, 0.1) is 25.6 Å². The maximum atomic E-state index is 12.7. The van der Waals surface area contributed by atoms with Crippen LogP contribution in [0.4, 0.5) is 11.6 Å². The van der Waals surface area contributed by atoms with Gasteiger partial charge in [-0.15, -0.1) is 0 Å². The average molecular weight is 397 g/mol. The van der Waals surface area contributed by atoms with E-state index in [9.17, 15) is 4.79 Å². The van der Waals surface area contributed by atoms with Gasteiger partial charge in [-0.1, -0.05) is 6.07 Å². The van der Waals surface area contributed by atoms with Crippen molar-refractivity contribution in [2.24, 2.45) is 0 Å². The van der Waals surface area contributed by atoms with E-state index in [0.717, 1.165) is 58.3 Å². The van der Waals surface area contributed by atoms with Crippen molar-refractivity contribution in [2.45, 2.75) is 0 Å². The lowest BCUT2D eigenvalue weighted by molar-refractivity contribution is 0.0398. The number of amides is 1. The van der Waals surface area contributed by atoms with Crippen LogP contribution in [0.2, 0.25) is 0 Å². The first-order valence-electron chi connectivity index (χ1n) is 10.1. The molecule has 2 aliphatic heterocycles. The number of piperazine rings is 1. The lowest BCUT2D eigenvalue weighted by Crippen LogP contribution is -2.49. The third-order valence-corrected chi connectivity index (χ3v) is 5.25. The van der Waals surface area contributed by atoms with Crippen molar-refractivity contribution in [3.8, 4) is 0 Å². The predicted molar refractivity (Wildman–Crippen MR) is 110 cm³/mol. The number of nitrogens with one attached hydrogen (secondary N) is 1. The van der Waals surface area contributed by atoms with Crippen molar-refractivity contribution in [1.82, 2.24) is 24.8 Å². The lowest BCUT2D eigenvalue weighted by Gasteiger charge is -2.35. The van der Waals surface area contributed by atoms with E-state index in [4.69, 9.17) is 4.74 Å². The summed E-state index contributed by atoms with van der Waals surface area (Å²) in [5, 5.41) is 3.27. The van der Waals surface area contributed by atoms with E-state index >= 15 is 0 Å². The molecule has 0 aliphatic carbocycles. The Morgan fingerprint density at radius 3 is 2.52 bits per heavy atom. The molecule has 0 unspecified atom stereocenters. The number of anilines is 2. The molecule has 0 aromatic carbocycles. The number of carbonyl (C=O) groups is 1. The van der Waals surface area contributed by atoms with Crippen molar-refractivity contribution >= 4 is 17.5 Å². The van der Waals surface area contributed by atoms with E-state index in [-0.39, 0.29) is 5.91 Å². The van der Waals surface area contributed by atoms with E-state index in [1.165, 1.54) is 0 Å². The zero-order chi connectivity index (χ0) is 19.9. The SMILES string of the molecule is O=C(c1cnc(NCCN2CCOCC2)cn1)N1CCN(c2ccccn2)CC1. The monoisotopic (exact) mass is 397 g/mol. The third-order valence-electron chi connectivity index (χ3n) is 5.25. The minimum absolute atomic E-state index is 0.0713.